The van der Waals surface area contributed by atoms with E-state index in [1.54, 1.807) is 6.92 Å². The van der Waals surface area contributed by atoms with Gasteiger partial charge < -0.3 is 5.32 Å². The molecule has 0 aromatic heterocycles. The summed E-state index contributed by atoms with van der Waals surface area (Å²) < 4.78 is 31.4. The van der Waals surface area contributed by atoms with Gasteiger partial charge in [-0.05, 0) is 19.8 Å². The van der Waals surface area contributed by atoms with Gasteiger partial charge in [0.05, 0.1) is 13.2 Å². The number of hydrogen-bond acceptors (Lipinski definition) is 5. The highest BCUT2D eigenvalue weighted by molar-refractivity contribution is 7.81. The molecule has 0 aliphatic rings. The summed E-state index contributed by atoms with van der Waals surface area (Å²) in [7, 11) is -3.88. The van der Waals surface area contributed by atoms with Crippen molar-refractivity contribution in [2.24, 2.45) is 0 Å². The standard InChI is InChI=1S/C23H47NO5S/c1-3-5-6-7-8-9-10-11-12-13-14-15-16-17-18-20-23(25)24-21-19-22-29-30(26,27)28-4-2/h3-22H2,1-2H3,(H,24,25). The van der Waals surface area contributed by atoms with Crippen LogP contribution in [0.4, 0.5) is 0 Å². The molecular formula is C23H47NO5S. The van der Waals surface area contributed by atoms with Crippen LogP contribution in [-0.4, -0.2) is 34.1 Å². The number of hydrogen-bond donors (Lipinski definition) is 1. The third-order valence-electron chi connectivity index (χ3n) is 5.14. The molecule has 0 aromatic carbocycles. The number of carbonyl (C=O) groups excluding carboxylic acids is 1. The van der Waals surface area contributed by atoms with E-state index in [4.69, 9.17) is 0 Å². The first kappa shape index (κ1) is 29.3. The van der Waals surface area contributed by atoms with E-state index in [-0.39, 0.29) is 19.1 Å². The van der Waals surface area contributed by atoms with E-state index in [0.717, 1.165) is 12.8 Å². The van der Waals surface area contributed by atoms with Crippen molar-refractivity contribution < 1.29 is 21.6 Å². The highest BCUT2D eigenvalue weighted by Gasteiger charge is 2.09. The highest BCUT2D eigenvalue weighted by Crippen LogP contribution is 2.13. The largest absolute Gasteiger partial charge is 0.399 e. The number of rotatable bonds is 23. The zero-order valence-corrected chi connectivity index (χ0v) is 20.4. The molecule has 0 aliphatic heterocycles. The number of amides is 1. The summed E-state index contributed by atoms with van der Waals surface area (Å²) in [6.07, 6.45) is 20.6. The third-order valence-corrected chi connectivity index (χ3v) is 6.12. The zero-order chi connectivity index (χ0) is 22.3. The minimum absolute atomic E-state index is 0.0154. The Balaban J connectivity index is 3.26. The molecule has 0 saturated heterocycles. The van der Waals surface area contributed by atoms with Crippen LogP contribution in [0.2, 0.25) is 0 Å². The SMILES string of the molecule is CCCCCCCCCCCCCCCCCC(=O)NCCCOS(=O)(=O)OCC. The fraction of sp³-hybridized carbons (Fsp3) is 0.957. The van der Waals surface area contributed by atoms with Gasteiger partial charge in [-0.1, -0.05) is 96.8 Å². The zero-order valence-electron chi connectivity index (χ0n) is 19.6. The van der Waals surface area contributed by atoms with Gasteiger partial charge in [-0.15, -0.1) is 0 Å². The molecule has 0 unspecified atom stereocenters. The van der Waals surface area contributed by atoms with Gasteiger partial charge in [0.15, 0.2) is 0 Å². The average molecular weight is 450 g/mol. The van der Waals surface area contributed by atoms with Crippen LogP contribution in [0.25, 0.3) is 0 Å². The lowest BCUT2D eigenvalue weighted by Gasteiger charge is -2.06. The molecule has 7 heteroatoms. The van der Waals surface area contributed by atoms with Crippen LogP contribution in [0.3, 0.4) is 0 Å². The first-order chi connectivity index (χ1) is 14.5. The molecule has 6 nitrogen and oxygen atoms in total. The van der Waals surface area contributed by atoms with Crippen molar-refractivity contribution >= 4 is 16.3 Å². The van der Waals surface area contributed by atoms with Gasteiger partial charge in [-0.25, -0.2) is 8.37 Å². The molecule has 0 radical (unpaired) electrons. The van der Waals surface area contributed by atoms with Crippen LogP contribution < -0.4 is 5.32 Å². The fourth-order valence-electron chi connectivity index (χ4n) is 3.38. The second-order valence-electron chi connectivity index (χ2n) is 8.04. The lowest BCUT2D eigenvalue weighted by Crippen LogP contribution is -2.25. The van der Waals surface area contributed by atoms with Crippen molar-refractivity contribution in [2.75, 3.05) is 19.8 Å². The molecule has 0 rings (SSSR count). The molecule has 0 spiro atoms. The van der Waals surface area contributed by atoms with Crippen LogP contribution in [0.15, 0.2) is 0 Å². The van der Waals surface area contributed by atoms with Crippen molar-refractivity contribution in [3.63, 3.8) is 0 Å². The van der Waals surface area contributed by atoms with Crippen LogP contribution in [-0.2, 0) is 23.6 Å². The van der Waals surface area contributed by atoms with Crippen LogP contribution in [0.5, 0.6) is 0 Å². The van der Waals surface area contributed by atoms with E-state index < -0.39 is 10.4 Å². The van der Waals surface area contributed by atoms with Crippen LogP contribution in [0.1, 0.15) is 123 Å². The van der Waals surface area contributed by atoms with Crippen LogP contribution >= 0.6 is 0 Å². The lowest BCUT2D eigenvalue weighted by molar-refractivity contribution is -0.121. The van der Waals surface area contributed by atoms with Crippen molar-refractivity contribution in [1.29, 1.82) is 0 Å². The summed E-state index contributed by atoms with van der Waals surface area (Å²) in [4.78, 5) is 11.7. The second-order valence-corrected chi connectivity index (χ2v) is 9.33. The summed E-state index contributed by atoms with van der Waals surface area (Å²) in [6.45, 7) is 4.33. The van der Waals surface area contributed by atoms with E-state index in [1.165, 1.54) is 83.5 Å². The maximum atomic E-state index is 11.7. The average Bonchev–Trinajstić information content (AvgIpc) is 2.70. The molecule has 0 aliphatic carbocycles. The number of nitrogens with one attached hydrogen (secondary N) is 1. The molecule has 0 heterocycles. The van der Waals surface area contributed by atoms with Gasteiger partial charge in [-0.2, -0.15) is 8.42 Å². The van der Waals surface area contributed by atoms with Gasteiger partial charge in [-0.3, -0.25) is 4.79 Å². The number of carbonyl (C=O) groups is 1. The predicted octanol–water partition coefficient (Wildman–Crippen LogP) is 6.05. The van der Waals surface area contributed by atoms with Gasteiger partial charge in [0.25, 0.3) is 0 Å². The van der Waals surface area contributed by atoms with Crippen molar-refractivity contribution in [2.45, 2.75) is 123 Å². The Morgan fingerprint density at radius 3 is 1.60 bits per heavy atom. The molecule has 0 bridgehead atoms. The topological polar surface area (TPSA) is 81.7 Å². The fourth-order valence-corrected chi connectivity index (χ4v) is 4.06. The second kappa shape index (κ2) is 21.6. The Bertz CT molecular complexity index is 482. The summed E-state index contributed by atoms with van der Waals surface area (Å²) in [5, 5.41) is 2.80. The Morgan fingerprint density at radius 1 is 0.667 bits per heavy atom. The van der Waals surface area contributed by atoms with Gasteiger partial charge >= 0.3 is 10.4 Å². The molecule has 30 heavy (non-hydrogen) atoms. The Labute approximate surface area is 186 Å². The monoisotopic (exact) mass is 449 g/mol. The molecule has 1 N–H and O–H groups in total. The molecule has 0 saturated carbocycles. The molecule has 0 aromatic rings. The molecule has 0 fully saturated rings. The molecule has 0 atom stereocenters. The van der Waals surface area contributed by atoms with Crippen molar-refractivity contribution in [1.82, 2.24) is 5.32 Å². The summed E-state index contributed by atoms with van der Waals surface area (Å²) in [6, 6.07) is 0. The van der Waals surface area contributed by atoms with Gasteiger partial charge in [0.2, 0.25) is 5.91 Å². The molecule has 1 amide bonds. The Hall–Kier alpha value is -0.660. The normalized spacial score (nSPS) is 11.7. The molecule has 180 valence electrons. The van der Waals surface area contributed by atoms with Crippen LogP contribution in [0, 0.1) is 0 Å². The van der Waals surface area contributed by atoms with Gasteiger partial charge in [0.1, 0.15) is 0 Å². The maximum absolute atomic E-state index is 11.7. The van der Waals surface area contributed by atoms with Crippen molar-refractivity contribution in [3.8, 4) is 0 Å². The maximum Gasteiger partial charge on any atom is 0.399 e. The first-order valence-corrected chi connectivity index (χ1v) is 13.7. The highest BCUT2D eigenvalue weighted by atomic mass is 32.3. The lowest BCUT2D eigenvalue weighted by atomic mass is 10.0. The van der Waals surface area contributed by atoms with E-state index in [2.05, 4.69) is 20.6 Å². The minimum Gasteiger partial charge on any atom is -0.356 e. The number of unbranched alkanes of at least 4 members (excludes halogenated alkanes) is 14. The van der Waals surface area contributed by atoms with E-state index in [9.17, 15) is 13.2 Å². The first-order valence-electron chi connectivity index (χ1n) is 12.3. The van der Waals surface area contributed by atoms with E-state index >= 15 is 0 Å². The Morgan fingerprint density at radius 2 is 1.13 bits per heavy atom. The smallest absolute Gasteiger partial charge is 0.356 e. The Kier molecular flexibility index (Phi) is 21.1. The minimum atomic E-state index is -3.88. The van der Waals surface area contributed by atoms with E-state index in [0.29, 0.717) is 19.4 Å². The van der Waals surface area contributed by atoms with Gasteiger partial charge in [0, 0.05) is 13.0 Å². The summed E-state index contributed by atoms with van der Waals surface area (Å²) >= 11 is 0. The van der Waals surface area contributed by atoms with Crippen molar-refractivity contribution in [3.05, 3.63) is 0 Å². The third kappa shape index (κ3) is 22.0. The summed E-state index contributed by atoms with van der Waals surface area (Å²) in [5.74, 6) is 0.0253. The van der Waals surface area contributed by atoms with E-state index in [1.807, 2.05) is 0 Å². The predicted molar refractivity (Wildman–Crippen MR) is 124 cm³/mol. The molecular weight excluding hydrogens is 402 g/mol. The quantitative estimate of drug-likeness (QED) is 0.192. The summed E-state index contributed by atoms with van der Waals surface area (Å²) in [5.41, 5.74) is 0.